The van der Waals surface area contributed by atoms with Crippen LogP contribution in [0.5, 0.6) is 5.75 Å². The van der Waals surface area contributed by atoms with Crippen molar-refractivity contribution in [2.45, 2.75) is 12.5 Å². The van der Waals surface area contributed by atoms with E-state index >= 15 is 0 Å². The van der Waals surface area contributed by atoms with Crippen LogP contribution in [0.3, 0.4) is 0 Å². The Bertz CT molecular complexity index is 337. The van der Waals surface area contributed by atoms with Gasteiger partial charge in [-0.05, 0) is 12.1 Å². The molecule has 90 valence electrons. The molecule has 0 spiro atoms. The number of ether oxygens (including phenoxy) is 1. The van der Waals surface area contributed by atoms with E-state index in [-0.39, 0.29) is 17.5 Å². The Morgan fingerprint density at radius 3 is 2.38 bits per heavy atom. The van der Waals surface area contributed by atoms with Gasteiger partial charge < -0.3 is 14.9 Å². The molecule has 1 unspecified atom stereocenters. The summed E-state index contributed by atoms with van der Waals surface area (Å²) in [6.07, 6.45) is -0.840. The minimum Gasteiger partial charge on any atom is -0.488 e. The second-order valence-electron chi connectivity index (χ2n) is 3.17. The predicted molar refractivity (Wildman–Crippen MR) is 57.3 cm³/mol. The summed E-state index contributed by atoms with van der Waals surface area (Å²) in [6, 6.07) is 2.17. The molecule has 0 fully saturated rings. The molecule has 0 aliphatic rings. The molecule has 0 saturated carbocycles. The molecule has 1 aromatic carbocycles. The van der Waals surface area contributed by atoms with E-state index in [1.807, 2.05) is 0 Å². The molecule has 0 saturated heterocycles. The maximum Gasteiger partial charge on any atom is 0.190 e. The average molecular weight is 297 g/mol. The Hall–Kier alpha value is -0.720. The van der Waals surface area contributed by atoms with Gasteiger partial charge in [-0.2, -0.15) is 0 Å². The molecular weight excluding hydrogens is 286 g/mol. The summed E-state index contributed by atoms with van der Waals surface area (Å²) in [5.41, 5.74) is 0. The van der Waals surface area contributed by atoms with Gasteiger partial charge in [-0.25, -0.2) is 8.78 Å². The van der Waals surface area contributed by atoms with Crippen molar-refractivity contribution in [2.24, 2.45) is 0 Å². The molecule has 3 nitrogen and oxygen atoms in total. The fourth-order valence-corrected chi connectivity index (χ4v) is 1.46. The van der Waals surface area contributed by atoms with Crippen molar-refractivity contribution in [1.82, 2.24) is 0 Å². The van der Waals surface area contributed by atoms with Gasteiger partial charge in [-0.1, -0.05) is 15.9 Å². The van der Waals surface area contributed by atoms with Crippen molar-refractivity contribution in [1.29, 1.82) is 0 Å². The van der Waals surface area contributed by atoms with Crippen LogP contribution in [0.15, 0.2) is 16.6 Å². The Balaban J connectivity index is 2.60. The van der Waals surface area contributed by atoms with Crippen LogP contribution in [0.25, 0.3) is 0 Å². The molecule has 16 heavy (non-hydrogen) atoms. The highest BCUT2D eigenvalue weighted by Gasteiger charge is 2.12. The van der Waals surface area contributed by atoms with Gasteiger partial charge in [0.15, 0.2) is 17.4 Å². The van der Waals surface area contributed by atoms with E-state index in [0.29, 0.717) is 0 Å². The third-order valence-corrected chi connectivity index (χ3v) is 2.33. The van der Waals surface area contributed by atoms with Crippen molar-refractivity contribution in [3.8, 4) is 5.75 Å². The summed E-state index contributed by atoms with van der Waals surface area (Å²) in [5, 5.41) is 17.5. The molecular formula is C10H11BrF2O3. The molecule has 0 amide bonds. The van der Waals surface area contributed by atoms with Crippen LogP contribution < -0.4 is 4.74 Å². The van der Waals surface area contributed by atoms with Gasteiger partial charge in [0.1, 0.15) is 0 Å². The van der Waals surface area contributed by atoms with E-state index in [2.05, 4.69) is 15.9 Å². The standard InChI is InChI=1S/C10H11BrF2O3/c11-6-3-8(12)10(9(13)4-6)16-2-1-7(15)5-14/h3-4,7,14-15H,1-2,5H2. The van der Waals surface area contributed by atoms with Crippen molar-refractivity contribution in [3.63, 3.8) is 0 Å². The summed E-state index contributed by atoms with van der Waals surface area (Å²) >= 11 is 2.94. The predicted octanol–water partition coefficient (Wildman–Crippen LogP) is 1.85. The maximum atomic E-state index is 13.2. The van der Waals surface area contributed by atoms with Crippen LogP contribution in [0, 0.1) is 11.6 Å². The highest BCUT2D eigenvalue weighted by Crippen LogP contribution is 2.25. The Labute approximate surface area is 99.8 Å². The first-order valence-corrected chi connectivity index (χ1v) is 5.40. The highest BCUT2D eigenvalue weighted by atomic mass is 79.9. The van der Waals surface area contributed by atoms with Crippen LogP contribution in [0.2, 0.25) is 0 Å². The van der Waals surface area contributed by atoms with Crippen molar-refractivity contribution < 1.29 is 23.7 Å². The van der Waals surface area contributed by atoms with Crippen LogP contribution in [-0.4, -0.2) is 29.5 Å². The average Bonchev–Trinajstić information content (AvgIpc) is 2.21. The second kappa shape index (κ2) is 6.12. The zero-order valence-electron chi connectivity index (χ0n) is 8.29. The lowest BCUT2D eigenvalue weighted by Crippen LogP contribution is -2.16. The fourth-order valence-electron chi connectivity index (χ4n) is 1.06. The second-order valence-corrected chi connectivity index (χ2v) is 4.09. The number of aliphatic hydroxyl groups is 2. The molecule has 2 N–H and O–H groups in total. The molecule has 1 atom stereocenters. The fraction of sp³-hybridized carbons (Fsp3) is 0.400. The largest absolute Gasteiger partial charge is 0.488 e. The van der Waals surface area contributed by atoms with Crippen LogP contribution >= 0.6 is 15.9 Å². The lowest BCUT2D eigenvalue weighted by atomic mass is 10.3. The van der Waals surface area contributed by atoms with Gasteiger partial charge in [0.05, 0.1) is 19.3 Å². The van der Waals surface area contributed by atoms with Crippen molar-refractivity contribution in [3.05, 3.63) is 28.2 Å². The zero-order chi connectivity index (χ0) is 12.1. The van der Waals surface area contributed by atoms with Gasteiger partial charge in [0.2, 0.25) is 0 Å². The molecule has 1 rings (SSSR count). The Morgan fingerprint density at radius 1 is 1.31 bits per heavy atom. The van der Waals surface area contributed by atoms with E-state index in [4.69, 9.17) is 14.9 Å². The summed E-state index contributed by atoms with van der Waals surface area (Å²) in [7, 11) is 0. The quantitative estimate of drug-likeness (QED) is 0.872. The Morgan fingerprint density at radius 2 is 1.88 bits per heavy atom. The summed E-state index contributed by atoms with van der Waals surface area (Å²) in [6.45, 7) is -0.480. The lowest BCUT2D eigenvalue weighted by molar-refractivity contribution is 0.0742. The Kier molecular flexibility index (Phi) is 5.11. The van der Waals surface area contributed by atoms with Gasteiger partial charge in [-0.15, -0.1) is 0 Å². The highest BCUT2D eigenvalue weighted by molar-refractivity contribution is 9.10. The van der Waals surface area contributed by atoms with Crippen LogP contribution in [0.4, 0.5) is 8.78 Å². The van der Waals surface area contributed by atoms with Crippen molar-refractivity contribution in [2.75, 3.05) is 13.2 Å². The summed E-state index contributed by atoms with van der Waals surface area (Å²) in [4.78, 5) is 0. The number of benzene rings is 1. The summed E-state index contributed by atoms with van der Waals surface area (Å²) < 4.78 is 31.6. The third kappa shape index (κ3) is 3.70. The lowest BCUT2D eigenvalue weighted by Gasteiger charge is -2.10. The van der Waals surface area contributed by atoms with E-state index < -0.39 is 30.1 Å². The first-order chi connectivity index (χ1) is 7.54. The van der Waals surface area contributed by atoms with E-state index in [0.717, 1.165) is 12.1 Å². The first-order valence-electron chi connectivity index (χ1n) is 4.61. The number of halogens is 3. The van der Waals surface area contributed by atoms with Gasteiger partial charge >= 0.3 is 0 Å². The molecule has 1 aromatic rings. The smallest absolute Gasteiger partial charge is 0.190 e. The van der Waals surface area contributed by atoms with E-state index in [1.54, 1.807) is 0 Å². The molecule has 0 bridgehead atoms. The number of hydrogen-bond acceptors (Lipinski definition) is 3. The molecule has 0 radical (unpaired) electrons. The topological polar surface area (TPSA) is 49.7 Å². The molecule has 0 aromatic heterocycles. The van der Waals surface area contributed by atoms with E-state index in [9.17, 15) is 8.78 Å². The third-order valence-electron chi connectivity index (χ3n) is 1.87. The van der Waals surface area contributed by atoms with Crippen LogP contribution in [-0.2, 0) is 0 Å². The molecule has 0 aliphatic carbocycles. The molecule has 0 aliphatic heterocycles. The number of hydrogen-bond donors (Lipinski definition) is 2. The van der Waals surface area contributed by atoms with Gasteiger partial charge in [-0.3, -0.25) is 0 Å². The number of aliphatic hydroxyl groups excluding tert-OH is 2. The number of rotatable bonds is 5. The normalized spacial score (nSPS) is 12.6. The zero-order valence-corrected chi connectivity index (χ0v) is 9.88. The minimum atomic E-state index is -0.943. The molecule has 0 heterocycles. The van der Waals surface area contributed by atoms with Crippen molar-refractivity contribution >= 4 is 15.9 Å². The first kappa shape index (κ1) is 13.3. The van der Waals surface area contributed by atoms with E-state index in [1.165, 1.54) is 0 Å². The monoisotopic (exact) mass is 296 g/mol. The maximum absolute atomic E-state index is 13.2. The van der Waals surface area contributed by atoms with Gasteiger partial charge in [0, 0.05) is 10.9 Å². The molecule has 6 heteroatoms. The van der Waals surface area contributed by atoms with Gasteiger partial charge in [0.25, 0.3) is 0 Å². The summed E-state index contributed by atoms with van der Waals surface area (Å²) in [5.74, 6) is -2.11. The SMILES string of the molecule is OCC(O)CCOc1c(F)cc(Br)cc1F. The minimum absolute atomic E-state index is 0.0722. The van der Waals surface area contributed by atoms with Crippen LogP contribution in [0.1, 0.15) is 6.42 Å².